The standard InChI is InChI=1S/C12H20N6O2/c1-17(2)12-15-10(13)9(18(19)20)11(16-12)14-8-6-4-3-5-7-8/h8H,3-7H2,1-2H3,(H3,13,14,15,16). The molecule has 0 radical (unpaired) electrons. The molecule has 1 saturated carbocycles. The van der Waals surface area contributed by atoms with E-state index in [4.69, 9.17) is 5.73 Å². The first-order chi connectivity index (χ1) is 9.49. The van der Waals surface area contributed by atoms with Crippen LogP contribution in [-0.4, -0.2) is 35.0 Å². The maximum absolute atomic E-state index is 11.2. The summed E-state index contributed by atoms with van der Waals surface area (Å²) >= 11 is 0. The van der Waals surface area contributed by atoms with Crippen LogP contribution < -0.4 is 16.0 Å². The van der Waals surface area contributed by atoms with Gasteiger partial charge in [0.2, 0.25) is 17.6 Å². The third-order valence-electron chi connectivity index (χ3n) is 3.43. The molecule has 0 aliphatic heterocycles. The Hall–Kier alpha value is -2.12. The molecule has 0 spiro atoms. The van der Waals surface area contributed by atoms with Crippen LogP contribution in [0.5, 0.6) is 0 Å². The van der Waals surface area contributed by atoms with E-state index in [0.29, 0.717) is 5.95 Å². The Bertz CT molecular complexity index is 499. The Balaban J connectivity index is 2.34. The van der Waals surface area contributed by atoms with Gasteiger partial charge in [0.1, 0.15) is 0 Å². The van der Waals surface area contributed by atoms with Gasteiger partial charge in [0.25, 0.3) is 0 Å². The van der Waals surface area contributed by atoms with Crippen molar-refractivity contribution in [2.45, 2.75) is 38.1 Å². The molecule has 0 amide bonds. The summed E-state index contributed by atoms with van der Waals surface area (Å²) in [4.78, 5) is 20.5. The molecule has 1 heterocycles. The summed E-state index contributed by atoms with van der Waals surface area (Å²) in [6.07, 6.45) is 5.48. The molecule has 8 heteroatoms. The van der Waals surface area contributed by atoms with E-state index in [1.54, 1.807) is 19.0 Å². The Morgan fingerprint density at radius 2 is 1.95 bits per heavy atom. The molecule has 2 rings (SSSR count). The van der Waals surface area contributed by atoms with E-state index in [1.165, 1.54) is 6.42 Å². The Labute approximate surface area is 117 Å². The van der Waals surface area contributed by atoms with Crippen LogP contribution in [0.25, 0.3) is 0 Å². The summed E-state index contributed by atoms with van der Waals surface area (Å²) < 4.78 is 0. The van der Waals surface area contributed by atoms with Gasteiger partial charge in [0.05, 0.1) is 4.92 Å². The molecule has 1 aromatic heterocycles. The monoisotopic (exact) mass is 280 g/mol. The van der Waals surface area contributed by atoms with Gasteiger partial charge in [0.15, 0.2) is 0 Å². The van der Waals surface area contributed by atoms with Gasteiger partial charge in [-0.2, -0.15) is 9.97 Å². The fourth-order valence-corrected chi connectivity index (χ4v) is 2.38. The van der Waals surface area contributed by atoms with E-state index >= 15 is 0 Å². The van der Waals surface area contributed by atoms with Crippen LogP contribution in [0, 0.1) is 10.1 Å². The van der Waals surface area contributed by atoms with Crippen LogP contribution in [0.3, 0.4) is 0 Å². The first-order valence-electron chi connectivity index (χ1n) is 6.75. The number of nitrogens with two attached hydrogens (primary N) is 1. The van der Waals surface area contributed by atoms with E-state index in [2.05, 4.69) is 15.3 Å². The van der Waals surface area contributed by atoms with Gasteiger partial charge in [-0.25, -0.2) is 0 Å². The quantitative estimate of drug-likeness (QED) is 0.638. The summed E-state index contributed by atoms with van der Waals surface area (Å²) in [6, 6.07) is 0.215. The van der Waals surface area contributed by atoms with Crippen molar-refractivity contribution in [3.8, 4) is 0 Å². The highest BCUT2D eigenvalue weighted by molar-refractivity contribution is 5.70. The fourth-order valence-electron chi connectivity index (χ4n) is 2.38. The molecule has 3 N–H and O–H groups in total. The molecule has 110 valence electrons. The van der Waals surface area contributed by atoms with E-state index in [0.717, 1.165) is 25.7 Å². The SMILES string of the molecule is CN(C)c1nc(N)c([N+](=O)[O-])c(NC2CCCCC2)n1. The minimum Gasteiger partial charge on any atom is -0.378 e. The van der Waals surface area contributed by atoms with Crippen molar-refractivity contribution in [1.29, 1.82) is 0 Å². The number of hydrogen-bond acceptors (Lipinski definition) is 7. The number of hydrogen-bond donors (Lipinski definition) is 2. The number of nitro groups is 1. The highest BCUT2D eigenvalue weighted by Gasteiger charge is 2.26. The minimum absolute atomic E-state index is 0.105. The van der Waals surface area contributed by atoms with Crippen molar-refractivity contribution in [3.05, 3.63) is 10.1 Å². The number of nitrogen functional groups attached to an aromatic ring is 1. The van der Waals surface area contributed by atoms with Gasteiger partial charge in [-0.05, 0) is 12.8 Å². The Morgan fingerprint density at radius 3 is 2.50 bits per heavy atom. The lowest BCUT2D eigenvalue weighted by Crippen LogP contribution is -2.25. The van der Waals surface area contributed by atoms with Gasteiger partial charge in [0, 0.05) is 20.1 Å². The molecular formula is C12H20N6O2. The fraction of sp³-hybridized carbons (Fsp3) is 0.667. The van der Waals surface area contributed by atoms with Gasteiger partial charge >= 0.3 is 5.69 Å². The van der Waals surface area contributed by atoms with Crippen LogP contribution in [-0.2, 0) is 0 Å². The second-order valence-corrected chi connectivity index (χ2v) is 5.24. The third kappa shape index (κ3) is 3.06. The largest absolute Gasteiger partial charge is 0.378 e. The topological polar surface area (TPSA) is 110 Å². The van der Waals surface area contributed by atoms with Crippen molar-refractivity contribution in [3.63, 3.8) is 0 Å². The van der Waals surface area contributed by atoms with Crippen LogP contribution >= 0.6 is 0 Å². The number of rotatable bonds is 4. The van der Waals surface area contributed by atoms with Crippen molar-refractivity contribution in [2.24, 2.45) is 0 Å². The van der Waals surface area contributed by atoms with Gasteiger partial charge < -0.3 is 16.0 Å². The molecular weight excluding hydrogens is 260 g/mol. The van der Waals surface area contributed by atoms with E-state index in [9.17, 15) is 10.1 Å². The zero-order chi connectivity index (χ0) is 14.7. The van der Waals surface area contributed by atoms with Crippen molar-refractivity contribution >= 4 is 23.3 Å². The van der Waals surface area contributed by atoms with Crippen LogP contribution in [0.1, 0.15) is 32.1 Å². The molecule has 0 atom stereocenters. The normalized spacial score (nSPS) is 15.9. The summed E-state index contributed by atoms with van der Waals surface area (Å²) in [7, 11) is 3.54. The van der Waals surface area contributed by atoms with Gasteiger partial charge in [-0.15, -0.1) is 0 Å². The van der Waals surface area contributed by atoms with Crippen molar-refractivity contribution < 1.29 is 4.92 Å². The lowest BCUT2D eigenvalue weighted by Gasteiger charge is -2.23. The smallest absolute Gasteiger partial charge is 0.353 e. The number of anilines is 3. The minimum atomic E-state index is -0.528. The molecule has 0 unspecified atom stereocenters. The summed E-state index contributed by atoms with van der Waals surface area (Å²) in [6.45, 7) is 0. The Morgan fingerprint density at radius 1 is 1.30 bits per heavy atom. The third-order valence-corrected chi connectivity index (χ3v) is 3.43. The van der Waals surface area contributed by atoms with Gasteiger partial charge in [-0.3, -0.25) is 10.1 Å². The maximum Gasteiger partial charge on any atom is 0.353 e. The summed E-state index contributed by atoms with van der Waals surface area (Å²) in [5.41, 5.74) is 5.47. The molecule has 0 saturated heterocycles. The first-order valence-corrected chi connectivity index (χ1v) is 6.75. The summed E-state index contributed by atoms with van der Waals surface area (Å²) in [5, 5.41) is 14.3. The predicted molar refractivity (Wildman–Crippen MR) is 77.9 cm³/mol. The van der Waals surface area contributed by atoms with Crippen molar-refractivity contribution in [1.82, 2.24) is 9.97 Å². The number of nitrogens with one attached hydrogen (secondary N) is 1. The summed E-state index contributed by atoms with van der Waals surface area (Å²) in [5.74, 6) is 0.483. The number of aromatic nitrogens is 2. The second-order valence-electron chi connectivity index (χ2n) is 5.24. The van der Waals surface area contributed by atoms with E-state index in [-0.39, 0.29) is 23.4 Å². The molecule has 1 fully saturated rings. The molecule has 1 aliphatic rings. The van der Waals surface area contributed by atoms with Gasteiger partial charge in [-0.1, -0.05) is 19.3 Å². The molecule has 1 aromatic rings. The average molecular weight is 280 g/mol. The van der Waals surface area contributed by atoms with Crippen LogP contribution in [0.2, 0.25) is 0 Å². The van der Waals surface area contributed by atoms with E-state index < -0.39 is 4.92 Å². The molecule has 0 aromatic carbocycles. The molecule has 1 aliphatic carbocycles. The van der Waals surface area contributed by atoms with E-state index in [1.807, 2.05) is 0 Å². The Kier molecular flexibility index (Phi) is 4.21. The van der Waals surface area contributed by atoms with Crippen molar-refractivity contribution in [2.75, 3.05) is 30.0 Å². The first kappa shape index (κ1) is 14.3. The molecule has 20 heavy (non-hydrogen) atoms. The lowest BCUT2D eigenvalue weighted by atomic mass is 9.95. The maximum atomic E-state index is 11.2. The average Bonchev–Trinajstić information content (AvgIpc) is 2.38. The predicted octanol–water partition coefficient (Wildman–Crippen LogP) is 1.78. The lowest BCUT2D eigenvalue weighted by molar-refractivity contribution is -0.383. The zero-order valence-corrected chi connectivity index (χ0v) is 11.8. The highest BCUT2D eigenvalue weighted by Crippen LogP contribution is 2.31. The van der Waals surface area contributed by atoms with Crippen LogP contribution in [0.4, 0.5) is 23.3 Å². The zero-order valence-electron chi connectivity index (χ0n) is 11.8. The molecule has 0 bridgehead atoms. The molecule has 8 nitrogen and oxygen atoms in total. The highest BCUT2D eigenvalue weighted by atomic mass is 16.6. The second kappa shape index (κ2) is 5.89. The number of nitrogens with zero attached hydrogens (tertiary/aromatic N) is 4. The van der Waals surface area contributed by atoms with Crippen LogP contribution in [0.15, 0.2) is 0 Å².